The third kappa shape index (κ3) is 2.67. The van der Waals surface area contributed by atoms with E-state index >= 15 is 0 Å². The Morgan fingerprint density at radius 3 is 2.44 bits per heavy atom. The zero-order valence-electron chi connectivity index (χ0n) is 10.7. The fraction of sp³-hybridized carbons (Fsp3) is 0.909. The van der Waals surface area contributed by atoms with E-state index in [9.17, 15) is 13.2 Å². The van der Waals surface area contributed by atoms with Crippen molar-refractivity contribution < 1.29 is 18.3 Å². The van der Waals surface area contributed by atoms with Gasteiger partial charge in [0.15, 0.2) is 0 Å². The van der Waals surface area contributed by atoms with Crippen LogP contribution in [-0.2, 0) is 14.8 Å². The molecule has 2 unspecified atom stereocenters. The van der Waals surface area contributed by atoms with Crippen LogP contribution in [-0.4, -0.2) is 60.3 Å². The molecule has 0 aromatic heterocycles. The van der Waals surface area contributed by atoms with Crippen molar-refractivity contribution in [2.45, 2.75) is 25.6 Å². The Kier molecular flexibility index (Phi) is 3.66. The van der Waals surface area contributed by atoms with E-state index in [4.69, 9.17) is 5.11 Å². The predicted molar refractivity (Wildman–Crippen MR) is 66.4 cm³/mol. The topological polar surface area (TPSA) is 77.9 Å². The molecule has 1 N–H and O–H groups in total. The highest BCUT2D eigenvalue weighted by molar-refractivity contribution is 7.89. The smallest absolute Gasteiger partial charge is 0.317 e. The van der Waals surface area contributed by atoms with E-state index in [2.05, 4.69) is 6.92 Å². The average Bonchev–Trinajstić information content (AvgIpc) is 2.94. The van der Waals surface area contributed by atoms with E-state index < -0.39 is 21.4 Å². The highest BCUT2D eigenvalue weighted by atomic mass is 32.2. The largest absolute Gasteiger partial charge is 0.480 e. The summed E-state index contributed by atoms with van der Waals surface area (Å²) >= 11 is 0. The molecule has 2 rings (SSSR count). The monoisotopic (exact) mass is 276 g/mol. The number of hydrogen-bond donors (Lipinski definition) is 1. The lowest BCUT2D eigenvalue weighted by atomic mass is 10.3. The second kappa shape index (κ2) is 4.79. The van der Waals surface area contributed by atoms with Crippen LogP contribution in [0.1, 0.15) is 20.3 Å². The van der Waals surface area contributed by atoms with Gasteiger partial charge in [0, 0.05) is 19.6 Å². The molecular weight excluding hydrogens is 256 g/mol. The summed E-state index contributed by atoms with van der Waals surface area (Å²) in [5.41, 5.74) is 0. The summed E-state index contributed by atoms with van der Waals surface area (Å²) in [6.45, 7) is 4.97. The van der Waals surface area contributed by atoms with Crippen LogP contribution in [0.5, 0.6) is 0 Å². The molecule has 0 amide bonds. The van der Waals surface area contributed by atoms with Gasteiger partial charge < -0.3 is 5.11 Å². The molecule has 6 nitrogen and oxygen atoms in total. The Bertz CT molecular complexity index is 436. The van der Waals surface area contributed by atoms with Gasteiger partial charge in [0.2, 0.25) is 10.0 Å². The normalized spacial score (nSPS) is 36.4. The quantitative estimate of drug-likeness (QED) is 0.783. The number of rotatable bonds is 4. The van der Waals surface area contributed by atoms with E-state index in [0.717, 1.165) is 6.42 Å². The molecule has 0 bridgehead atoms. The van der Waals surface area contributed by atoms with Crippen molar-refractivity contribution in [2.75, 3.05) is 26.2 Å². The van der Waals surface area contributed by atoms with Gasteiger partial charge in [0.05, 0.1) is 6.54 Å². The molecule has 0 aromatic rings. The summed E-state index contributed by atoms with van der Waals surface area (Å²) < 4.78 is 26.1. The molecule has 3 atom stereocenters. The first kappa shape index (κ1) is 13.8. The van der Waals surface area contributed by atoms with Gasteiger partial charge in [-0.15, -0.1) is 0 Å². The maximum absolute atomic E-state index is 12.3. The number of aliphatic carboxylic acids is 1. The summed E-state index contributed by atoms with van der Waals surface area (Å²) in [6.07, 6.45) is 1.10. The average molecular weight is 276 g/mol. The van der Waals surface area contributed by atoms with Crippen molar-refractivity contribution in [2.24, 2.45) is 11.8 Å². The van der Waals surface area contributed by atoms with Gasteiger partial charge in [-0.05, 0) is 25.2 Å². The van der Waals surface area contributed by atoms with Crippen molar-refractivity contribution in [3.05, 3.63) is 0 Å². The number of sulfonamides is 1. The van der Waals surface area contributed by atoms with Crippen molar-refractivity contribution >= 4 is 16.0 Å². The summed E-state index contributed by atoms with van der Waals surface area (Å²) in [5, 5.41) is 8.02. The third-order valence-corrected chi connectivity index (χ3v) is 6.21. The van der Waals surface area contributed by atoms with E-state index in [0.29, 0.717) is 31.5 Å². The summed E-state index contributed by atoms with van der Waals surface area (Å²) in [4.78, 5) is 12.2. The number of carboxylic acids is 1. The maximum atomic E-state index is 12.3. The molecule has 0 spiro atoms. The molecule has 1 saturated heterocycles. The highest BCUT2D eigenvalue weighted by Gasteiger charge is 2.42. The first-order chi connectivity index (χ1) is 8.32. The Hall–Kier alpha value is -0.660. The first-order valence-electron chi connectivity index (χ1n) is 6.27. The number of carbonyl (C=O) groups is 1. The van der Waals surface area contributed by atoms with Gasteiger partial charge >= 0.3 is 5.97 Å². The zero-order valence-corrected chi connectivity index (χ0v) is 11.6. The van der Waals surface area contributed by atoms with Crippen LogP contribution in [0.4, 0.5) is 0 Å². The molecule has 1 aliphatic heterocycles. The van der Waals surface area contributed by atoms with Gasteiger partial charge in [0.1, 0.15) is 5.37 Å². The molecule has 2 fully saturated rings. The molecule has 0 aromatic carbocycles. The number of nitrogens with zero attached hydrogens (tertiary/aromatic N) is 2. The Morgan fingerprint density at radius 1 is 1.33 bits per heavy atom. The molecule has 1 heterocycles. The minimum absolute atomic E-state index is 0.214. The second-order valence-corrected chi connectivity index (χ2v) is 7.57. The third-order valence-electron chi connectivity index (χ3n) is 3.99. The second-order valence-electron chi connectivity index (χ2n) is 5.34. The van der Waals surface area contributed by atoms with Crippen molar-refractivity contribution in [1.82, 2.24) is 9.21 Å². The van der Waals surface area contributed by atoms with Gasteiger partial charge in [-0.3, -0.25) is 9.69 Å². The molecule has 1 saturated carbocycles. The van der Waals surface area contributed by atoms with E-state index in [1.54, 1.807) is 6.92 Å². The summed E-state index contributed by atoms with van der Waals surface area (Å²) in [5.74, 6) is 0.117. The Morgan fingerprint density at radius 2 is 1.94 bits per heavy atom. The molecular formula is C11H20N2O4S. The van der Waals surface area contributed by atoms with Crippen molar-refractivity contribution in [1.29, 1.82) is 0 Å². The number of hydrogen-bond acceptors (Lipinski definition) is 4. The predicted octanol–water partition coefficient (Wildman–Crippen LogP) is 0.0204. The lowest BCUT2D eigenvalue weighted by molar-refractivity contribution is -0.138. The standard InChI is InChI=1S/C11H20N2O4S/c1-8-5-10(8)6-13-4-3-12(7-11(14)15)9(2)18(13,16)17/h8-10H,3-7H2,1-2H3,(H,14,15)/t8?,9-,10?/m0/s1. The lowest BCUT2D eigenvalue weighted by Gasteiger charge is -2.38. The van der Waals surface area contributed by atoms with Gasteiger partial charge in [-0.25, -0.2) is 8.42 Å². The van der Waals surface area contributed by atoms with Crippen molar-refractivity contribution in [3.63, 3.8) is 0 Å². The fourth-order valence-electron chi connectivity index (χ4n) is 2.44. The van der Waals surface area contributed by atoms with Crippen LogP contribution in [0.25, 0.3) is 0 Å². The maximum Gasteiger partial charge on any atom is 0.317 e. The van der Waals surface area contributed by atoms with Crippen LogP contribution in [0.3, 0.4) is 0 Å². The molecule has 18 heavy (non-hydrogen) atoms. The molecule has 104 valence electrons. The molecule has 0 radical (unpaired) electrons. The Labute approximate surface area is 108 Å². The minimum Gasteiger partial charge on any atom is -0.480 e. The van der Waals surface area contributed by atoms with Gasteiger partial charge in [0.25, 0.3) is 0 Å². The van der Waals surface area contributed by atoms with Crippen LogP contribution in [0, 0.1) is 11.8 Å². The summed E-state index contributed by atoms with van der Waals surface area (Å²) in [6, 6.07) is 0. The minimum atomic E-state index is -3.38. The highest BCUT2D eigenvalue weighted by Crippen LogP contribution is 2.39. The lowest BCUT2D eigenvalue weighted by Crippen LogP contribution is -2.56. The fourth-order valence-corrected chi connectivity index (χ4v) is 4.17. The number of carboxylic acid groups (broad SMARTS) is 1. The van der Waals surface area contributed by atoms with Crippen molar-refractivity contribution in [3.8, 4) is 0 Å². The molecule has 2 aliphatic rings. The Balaban J connectivity index is 2.03. The van der Waals surface area contributed by atoms with E-state index in [-0.39, 0.29) is 6.54 Å². The first-order valence-corrected chi connectivity index (χ1v) is 7.77. The van der Waals surface area contributed by atoms with Crippen LogP contribution >= 0.6 is 0 Å². The summed E-state index contributed by atoms with van der Waals surface area (Å²) in [7, 11) is -3.38. The SMILES string of the molecule is CC1CC1CN1CCN(CC(=O)O)[C@H](C)S1(=O)=O. The van der Waals surface area contributed by atoms with Gasteiger partial charge in [-0.2, -0.15) is 4.31 Å². The van der Waals surface area contributed by atoms with Crippen LogP contribution < -0.4 is 0 Å². The van der Waals surface area contributed by atoms with Gasteiger partial charge in [-0.1, -0.05) is 6.92 Å². The van der Waals surface area contributed by atoms with Crippen LogP contribution in [0.2, 0.25) is 0 Å². The molecule has 7 heteroatoms. The van der Waals surface area contributed by atoms with E-state index in [1.165, 1.54) is 9.21 Å². The van der Waals surface area contributed by atoms with Crippen LogP contribution in [0.15, 0.2) is 0 Å². The zero-order chi connectivity index (χ0) is 13.5. The molecule has 1 aliphatic carbocycles. The van der Waals surface area contributed by atoms with E-state index in [1.807, 2.05) is 0 Å².